The van der Waals surface area contributed by atoms with Crippen molar-refractivity contribution in [3.8, 4) is 0 Å². The molecule has 3 nitrogen and oxygen atoms in total. The molecule has 0 aromatic heterocycles. The topological polar surface area (TPSA) is 40.5 Å². The fourth-order valence-corrected chi connectivity index (χ4v) is 3.53. The number of hydrogen-bond donors (Lipinski definition) is 1. The molecule has 1 N–H and O–H groups in total. The van der Waals surface area contributed by atoms with Crippen molar-refractivity contribution in [2.75, 3.05) is 19.6 Å². The molecule has 1 unspecified atom stereocenters. The minimum Gasteiger partial charge on any atom is -0.377 e. The molecule has 0 aliphatic carbocycles. The van der Waals surface area contributed by atoms with Gasteiger partial charge in [-0.15, -0.1) is 0 Å². The van der Waals surface area contributed by atoms with E-state index in [0.717, 1.165) is 25.2 Å². The van der Waals surface area contributed by atoms with E-state index in [4.69, 9.17) is 0 Å². The van der Waals surface area contributed by atoms with Gasteiger partial charge in [0.15, 0.2) is 11.4 Å². The van der Waals surface area contributed by atoms with Crippen LogP contribution in [0, 0.1) is 0 Å². The molecule has 1 atom stereocenters. The molecule has 3 heteroatoms. The van der Waals surface area contributed by atoms with Crippen LogP contribution in [0.3, 0.4) is 0 Å². The van der Waals surface area contributed by atoms with E-state index in [-0.39, 0.29) is 12.2 Å². The summed E-state index contributed by atoms with van der Waals surface area (Å²) >= 11 is 0. The normalized spacial score (nSPS) is 17.2. The van der Waals surface area contributed by atoms with Crippen molar-refractivity contribution >= 4 is 5.78 Å². The Bertz CT molecular complexity index is 720. The summed E-state index contributed by atoms with van der Waals surface area (Å²) in [7, 11) is 0. The lowest BCUT2D eigenvalue weighted by molar-refractivity contribution is 0.0292. The van der Waals surface area contributed by atoms with Crippen LogP contribution in [0.1, 0.15) is 35.2 Å². The van der Waals surface area contributed by atoms with Crippen molar-refractivity contribution in [3.63, 3.8) is 0 Å². The summed E-state index contributed by atoms with van der Waals surface area (Å²) in [5.41, 5.74) is 0.436. The van der Waals surface area contributed by atoms with Gasteiger partial charge in [-0.1, -0.05) is 72.8 Å². The Morgan fingerprint density at radius 1 is 1.00 bits per heavy atom. The fourth-order valence-electron chi connectivity index (χ4n) is 3.53. The molecule has 1 aliphatic heterocycles. The number of Topliss-reactive ketones (excluding diaryl/α,β-unsaturated/α-hetero) is 1. The summed E-state index contributed by atoms with van der Waals surface area (Å²) in [6.07, 6.45) is 2.65. The average Bonchev–Trinajstić information content (AvgIpc) is 3.15. The van der Waals surface area contributed by atoms with Crippen LogP contribution in [-0.4, -0.2) is 35.4 Å². The Labute approximate surface area is 149 Å². The summed E-state index contributed by atoms with van der Waals surface area (Å²) in [5.74, 6) is -0.276. The van der Waals surface area contributed by atoms with Gasteiger partial charge in [-0.05, 0) is 31.5 Å². The first-order valence-electron chi connectivity index (χ1n) is 8.86. The summed E-state index contributed by atoms with van der Waals surface area (Å²) in [6.45, 7) is 7.01. The molecule has 0 amide bonds. The molecule has 1 saturated heterocycles. The zero-order valence-electron chi connectivity index (χ0n) is 14.5. The number of ketones is 1. The predicted molar refractivity (Wildman–Crippen MR) is 101 cm³/mol. The third-order valence-corrected chi connectivity index (χ3v) is 4.81. The van der Waals surface area contributed by atoms with Crippen molar-refractivity contribution < 1.29 is 9.90 Å². The average molecular weight is 335 g/mol. The molecular weight excluding hydrogens is 310 g/mol. The van der Waals surface area contributed by atoms with Gasteiger partial charge in [0.05, 0.1) is 0 Å². The largest absolute Gasteiger partial charge is 0.377 e. The molecule has 1 fully saturated rings. The van der Waals surface area contributed by atoms with Gasteiger partial charge in [-0.3, -0.25) is 9.69 Å². The number of rotatable bonds is 7. The van der Waals surface area contributed by atoms with Gasteiger partial charge < -0.3 is 5.11 Å². The molecule has 25 heavy (non-hydrogen) atoms. The maximum atomic E-state index is 13.1. The first-order chi connectivity index (χ1) is 12.1. The zero-order valence-corrected chi connectivity index (χ0v) is 14.5. The highest BCUT2D eigenvalue weighted by Crippen LogP contribution is 2.32. The lowest BCUT2D eigenvalue weighted by Crippen LogP contribution is -2.37. The molecule has 0 spiro atoms. The predicted octanol–water partition coefficient (Wildman–Crippen LogP) is 3.80. The van der Waals surface area contributed by atoms with E-state index in [1.54, 1.807) is 12.1 Å². The monoisotopic (exact) mass is 335 g/mol. The van der Waals surface area contributed by atoms with Gasteiger partial charge in [-0.2, -0.15) is 0 Å². The fraction of sp³-hybridized carbons (Fsp3) is 0.318. The molecule has 2 aromatic rings. The van der Waals surface area contributed by atoms with Gasteiger partial charge in [0.2, 0.25) is 0 Å². The van der Waals surface area contributed by atoms with E-state index >= 15 is 0 Å². The lowest BCUT2D eigenvalue weighted by atomic mass is 9.81. The van der Waals surface area contributed by atoms with Gasteiger partial charge in [-0.25, -0.2) is 0 Å². The molecule has 3 rings (SSSR count). The second kappa shape index (κ2) is 7.77. The van der Waals surface area contributed by atoms with Crippen LogP contribution in [0.25, 0.3) is 0 Å². The number of nitrogens with zero attached hydrogens (tertiary/aromatic N) is 1. The van der Waals surface area contributed by atoms with Gasteiger partial charge >= 0.3 is 0 Å². The van der Waals surface area contributed by atoms with E-state index in [1.807, 2.05) is 48.5 Å². The molecule has 0 saturated carbocycles. The van der Waals surface area contributed by atoms with E-state index in [9.17, 15) is 9.90 Å². The van der Waals surface area contributed by atoms with Crippen LogP contribution in [0.4, 0.5) is 0 Å². The first-order valence-corrected chi connectivity index (χ1v) is 8.86. The highest BCUT2D eigenvalue weighted by molar-refractivity contribution is 6.03. The molecule has 0 bridgehead atoms. The van der Waals surface area contributed by atoms with Crippen molar-refractivity contribution in [3.05, 3.63) is 83.9 Å². The molecule has 1 aliphatic rings. The molecular formula is C22H25NO2. The van der Waals surface area contributed by atoms with Crippen LogP contribution < -0.4 is 0 Å². The van der Waals surface area contributed by atoms with Crippen LogP contribution in [0.2, 0.25) is 0 Å². The molecule has 0 radical (unpaired) electrons. The van der Waals surface area contributed by atoms with E-state index in [2.05, 4.69) is 11.5 Å². The number of likely N-dealkylation sites (tertiary alicyclic amines) is 1. The highest BCUT2D eigenvalue weighted by atomic mass is 16.3. The van der Waals surface area contributed by atoms with Gasteiger partial charge in [0.1, 0.15) is 0 Å². The number of aliphatic hydroxyl groups is 1. The Hall–Kier alpha value is -2.23. The van der Waals surface area contributed by atoms with Crippen molar-refractivity contribution in [2.45, 2.75) is 24.9 Å². The van der Waals surface area contributed by atoms with Crippen molar-refractivity contribution in [2.24, 2.45) is 0 Å². The third-order valence-electron chi connectivity index (χ3n) is 4.81. The van der Waals surface area contributed by atoms with Crippen molar-refractivity contribution in [1.29, 1.82) is 0 Å². The molecule has 2 aromatic carbocycles. The van der Waals surface area contributed by atoms with Crippen LogP contribution in [0.5, 0.6) is 0 Å². The molecule has 130 valence electrons. The smallest absolute Gasteiger partial charge is 0.199 e. The van der Waals surface area contributed by atoms with E-state index in [1.165, 1.54) is 12.8 Å². The minimum absolute atomic E-state index is 0.237. The lowest BCUT2D eigenvalue weighted by Gasteiger charge is -2.29. The van der Waals surface area contributed by atoms with Gasteiger partial charge in [0.25, 0.3) is 0 Å². The van der Waals surface area contributed by atoms with Crippen LogP contribution >= 0.6 is 0 Å². The highest BCUT2D eigenvalue weighted by Gasteiger charge is 2.39. The quantitative estimate of drug-likeness (QED) is 0.618. The van der Waals surface area contributed by atoms with Gasteiger partial charge in [0, 0.05) is 18.5 Å². The second-order valence-corrected chi connectivity index (χ2v) is 6.83. The zero-order chi connectivity index (χ0) is 17.7. The summed E-state index contributed by atoms with van der Waals surface area (Å²) < 4.78 is 0. The number of hydrogen-bond acceptors (Lipinski definition) is 3. The van der Waals surface area contributed by atoms with E-state index in [0.29, 0.717) is 11.1 Å². The number of benzene rings is 2. The summed E-state index contributed by atoms with van der Waals surface area (Å²) in [4.78, 5) is 15.5. The Morgan fingerprint density at radius 2 is 1.56 bits per heavy atom. The first kappa shape index (κ1) is 17.6. The van der Waals surface area contributed by atoms with E-state index < -0.39 is 5.60 Å². The number of carbonyl (C=O) groups is 1. The maximum absolute atomic E-state index is 13.1. The van der Waals surface area contributed by atoms with Crippen LogP contribution in [0.15, 0.2) is 72.8 Å². The molecule has 1 heterocycles. The maximum Gasteiger partial charge on any atom is 0.199 e. The Morgan fingerprint density at radius 3 is 2.16 bits per heavy atom. The SMILES string of the molecule is C=C(CN1CCCC1)CC(O)(C(=O)c1ccccc1)c1ccccc1. The Kier molecular flexibility index (Phi) is 5.47. The number of carbonyl (C=O) groups excluding carboxylic acids is 1. The standard InChI is InChI=1S/C22H25NO2/c1-18(17-23-14-8-9-15-23)16-22(25,20-12-6-3-7-13-20)21(24)19-10-4-2-5-11-19/h2-7,10-13,25H,1,8-9,14-17H2. The Balaban J connectivity index is 1.86. The second-order valence-electron chi connectivity index (χ2n) is 6.83. The van der Waals surface area contributed by atoms with Crippen LogP contribution in [-0.2, 0) is 5.60 Å². The summed E-state index contributed by atoms with van der Waals surface area (Å²) in [6, 6.07) is 18.2. The minimum atomic E-state index is -1.58. The van der Waals surface area contributed by atoms with Crippen molar-refractivity contribution in [1.82, 2.24) is 4.90 Å². The summed E-state index contributed by atoms with van der Waals surface area (Å²) in [5, 5.41) is 11.4. The third kappa shape index (κ3) is 4.06.